The van der Waals surface area contributed by atoms with Gasteiger partial charge in [-0.1, -0.05) is 67.1 Å². The molecule has 0 saturated heterocycles. The smallest absolute Gasteiger partial charge is 0.411 e. The van der Waals surface area contributed by atoms with Crippen LogP contribution in [0.4, 0.5) is 9.18 Å². The average Bonchev–Trinajstić information content (AvgIpc) is 3.76. The maximum atomic E-state index is 14.8. The second-order valence-electron chi connectivity index (χ2n) is 15.2. The molecule has 1 aliphatic carbocycles. The molecule has 2 aromatic heterocycles. The fourth-order valence-electron chi connectivity index (χ4n) is 8.10. The lowest BCUT2D eigenvalue weighted by Gasteiger charge is -2.31. The molecule has 60 heavy (non-hydrogen) atoms. The third-order valence-corrected chi connectivity index (χ3v) is 11.9. The van der Waals surface area contributed by atoms with Crippen LogP contribution in [-0.4, -0.2) is 69.4 Å². The van der Waals surface area contributed by atoms with Crippen LogP contribution in [0.5, 0.6) is 0 Å². The number of carbonyl (C=O) groups excluding carboxylic acids is 4. The molecule has 3 atom stereocenters. The van der Waals surface area contributed by atoms with Crippen LogP contribution in [0.2, 0.25) is 5.02 Å². The van der Waals surface area contributed by atoms with Gasteiger partial charge in [0.15, 0.2) is 11.7 Å². The second kappa shape index (κ2) is 15.8. The Kier molecular flexibility index (Phi) is 10.7. The molecule has 0 radical (unpaired) electrons. The number of pyridine rings is 2. The number of nitrogens with one attached hydrogen (secondary N) is 2. The number of carbonyl (C=O) groups is 4. The Bertz CT molecular complexity index is 2640. The molecule has 14 nitrogen and oxygen atoms in total. The minimum absolute atomic E-state index is 0.0329. The van der Waals surface area contributed by atoms with E-state index in [9.17, 15) is 33.5 Å². The molecule has 3 aromatic carbocycles. The highest BCUT2D eigenvalue weighted by Gasteiger charge is 2.45. The SMILES string of the molecule is CC[C@@]1(O)C(=O)OCc2c1cc1n(c2=O)Cc2c-1nc1cc(F)c(Cl)cc1c2CNC(=O)C[C@H](C)OCNC(=O)[C@H](C)N(C)C(=O)OC1c2ccccc2-c2ccccc21. The van der Waals surface area contributed by atoms with E-state index >= 15 is 0 Å². The summed E-state index contributed by atoms with van der Waals surface area (Å²) in [5.74, 6) is -2.47. The normalized spacial score (nSPS) is 17.1. The predicted octanol–water partition coefficient (Wildman–Crippen LogP) is 5.58. The first-order valence-electron chi connectivity index (χ1n) is 19.5. The van der Waals surface area contributed by atoms with Gasteiger partial charge < -0.3 is 34.5 Å². The fourth-order valence-corrected chi connectivity index (χ4v) is 8.26. The molecular weight excluding hydrogens is 797 g/mol. The van der Waals surface area contributed by atoms with Gasteiger partial charge in [-0.3, -0.25) is 19.3 Å². The summed E-state index contributed by atoms with van der Waals surface area (Å²) in [4.78, 5) is 71.9. The molecule has 3 N–H and O–H groups in total. The van der Waals surface area contributed by atoms with E-state index in [1.165, 1.54) is 28.6 Å². The quantitative estimate of drug-likeness (QED) is 0.110. The van der Waals surface area contributed by atoms with Gasteiger partial charge in [0, 0.05) is 47.3 Å². The molecule has 3 amide bonds. The van der Waals surface area contributed by atoms with Gasteiger partial charge in [-0.15, -0.1) is 0 Å². The van der Waals surface area contributed by atoms with Crippen molar-refractivity contribution in [3.05, 3.63) is 121 Å². The highest BCUT2D eigenvalue weighted by molar-refractivity contribution is 6.31. The molecule has 3 aliphatic rings. The number of ether oxygens (including phenoxy) is 3. The van der Waals surface area contributed by atoms with E-state index in [0.717, 1.165) is 22.3 Å². The van der Waals surface area contributed by atoms with Gasteiger partial charge in [-0.25, -0.2) is 19.0 Å². The number of aliphatic hydroxyl groups is 1. The molecule has 310 valence electrons. The second-order valence-corrected chi connectivity index (χ2v) is 15.6. The number of benzene rings is 3. The molecular formula is C44H41ClFN5O9. The maximum Gasteiger partial charge on any atom is 0.411 e. The molecule has 0 unspecified atom stereocenters. The van der Waals surface area contributed by atoms with Crippen LogP contribution in [0.15, 0.2) is 71.5 Å². The zero-order chi connectivity index (χ0) is 42.6. The van der Waals surface area contributed by atoms with E-state index in [4.69, 9.17) is 25.8 Å². The first-order valence-corrected chi connectivity index (χ1v) is 19.8. The number of aromatic nitrogens is 2. The van der Waals surface area contributed by atoms with Crippen LogP contribution in [-0.2, 0) is 53.9 Å². The van der Waals surface area contributed by atoms with E-state index < -0.39 is 59.1 Å². The van der Waals surface area contributed by atoms with Crippen molar-refractivity contribution >= 4 is 46.4 Å². The minimum atomic E-state index is -2.03. The van der Waals surface area contributed by atoms with Gasteiger partial charge in [0.2, 0.25) is 11.8 Å². The summed E-state index contributed by atoms with van der Waals surface area (Å²) in [6, 6.07) is 18.6. The lowest BCUT2D eigenvalue weighted by atomic mass is 9.86. The van der Waals surface area contributed by atoms with Crippen molar-refractivity contribution in [3.8, 4) is 22.5 Å². The van der Waals surface area contributed by atoms with Crippen LogP contribution in [0.3, 0.4) is 0 Å². The van der Waals surface area contributed by atoms with E-state index in [1.807, 2.05) is 48.5 Å². The zero-order valence-corrected chi connectivity index (χ0v) is 33.9. The zero-order valence-electron chi connectivity index (χ0n) is 33.1. The number of esters is 1. The Morgan fingerprint density at radius 1 is 1.05 bits per heavy atom. The third-order valence-electron chi connectivity index (χ3n) is 11.6. The van der Waals surface area contributed by atoms with E-state index in [0.29, 0.717) is 27.9 Å². The molecule has 8 rings (SSSR count). The number of nitrogens with zero attached hydrogens (tertiary/aromatic N) is 3. The molecule has 0 bridgehead atoms. The van der Waals surface area contributed by atoms with Crippen LogP contribution >= 0.6 is 11.6 Å². The Labute approximate surface area is 348 Å². The summed E-state index contributed by atoms with van der Waals surface area (Å²) < 4.78 is 33.0. The summed E-state index contributed by atoms with van der Waals surface area (Å²) in [6.07, 6.45) is -2.07. The van der Waals surface area contributed by atoms with Crippen molar-refractivity contribution < 1.29 is 42.9 Å². The Balaban J connectivity index is 0.899. The minimum Gasteiger partial charge on any atom is -0.458 e. The number of fused-ring (bicyclic) bond motifs is 8. The molecule has 0 saturated carbocycles. The number of likely N-dealkylation sites (N-methyl/N-ethyl adjacent to an activating group) is 1. The standard InChI is InChI=1S/C44H41ClFN5O9/c1-5-44(57)32-16-36-38-30(19-51(36)41(54)31(32)20-58-42(44)55)29(28-15-33(45)34(46)17-35(28)49-38)18-47-37(52)14-22(2)59-21-48-40(53)23(3)50(4)43(56)60-39-26-12-8-6-10-24(26)25-11-7-9-13-27(25)39/h6-13,15-17,22-23,39,57H,5,14,18-21H2,1-4H3,(H,47,52)(H,48,53)/t22-,23-,44-/m0/s1. The number of halogens is 2. The molecule has 0 spiro atoms. The van der Waals surface area contributed by atoms with Crippen molar-refractivity contribution in [1.29, 1.82) is 0 Å². The van der Waals surface area contributed by atoms with Gasteiger partial charge in [-0.2, -0.15) is 0 Å². The number of cyclic esters (lactones) is 1. The first kappa shape index (κ1) is 40.6. The van der Waals surface area contributed by atoms with Crippen molar-refractivity contribution in [2.24, 2.45) is 0 Å². The Morgan fingerprint density at radius 3 is 2.42 bits per heavy atom. The van der Waals surface area contributed by atoms with Crippen molar-refractivity contribution in [2.75, 3.05) is 13.8 Å². The molecule has 16 heteroatoms. The number of hydrogen-bond acceptors (Lipinski definition) is 10. The van der Waals surface area contributed by atoms with Gasteiger partial charge >= 0.3 is 12.1 Å². The van der Waals surface area contributed by atoms with Crippen LogP contribution in [0.1, 0.15) is 73.1 Å². The van der Waals surface area contributed by atoms with Gasteiger partial charge in [0.05, 0.1) is 46.6 Å². The largest absolute Gasteiger partial charge is 0.458 e. The van der Waals surface area contributed by atoms with Gasteiger partial charge in [0.25, 0.3) is 5.56 Å². The summed E-state index contributed by atoms with van der Waals surface area (Å²) >= 11 is 6.20. The van der Waals surface area contributed by atoms with Gasteiger partial charge in [0.1, 0.15) is 25.2 Å². The lowest BCUT2D eigenvalue weighted by molar-refractivity contribution is -0.172. The average molecular weight is 838 g/mol. The summed E-state index contributed by atoms with van der Waals surface area (Å²) in [7, 11) is 1.48. The number of rotatable bonds is 11. The topological polar surface area (TPSA) is 178 Å². The van der Waals surface area contributed by atoms with Crippen molar-refractivity contribution in [2.45, 2.75) is 77.2 Å². The summed E-state index contributed by atoms with van der Waals surface area (Å²) in [5, 5.41) is 17.1. The number of hydrogen-bond donors (Lipinski definition) is 3. The van der Waals surface area contributed by atoms with Crippen LogP contribution < -0.4 is 16.2 Å². The van der Waals surface area contributed by atoms with E-state index in [-0.39, 0.29) is 60.9 Å². The van der Waals surface area contributed by atoms with Crippen LogP contribution in [0, 0.1) is 5.82 Å². The molecule has 0 fully saturated rings. The van der Waals surface area contributed by atoms with Crippen molar-refractivity contribution in [1.82, 2.24) is 25.1 Å². The summed E-state index contributed by atoms with van der Waals surface area (Å²) in [6.45, 7) is 4.29. The molecule has 2 aliphatic heterocycles. The number of amides is 3. The highest BCUT2D eigenvalue weighted by atomic mass is 35.5. The predicted molar refractivity (Wildman–Crippen MR) is 217 cm³/mol. The van der Waals surface area contributed by atoms with Crippen LogP contribution in [0.25, 0.3) is 33.4 Å². The Hall–Kier alpha value is -6.16. The third kappa shape index (κ3) is 6.95. The monoisotopic (exact) mass is 837 g/mol. The van der Waals surface area contributed by atoms with Crippen molar-refractivity contribution in [3.63, 3.8) is 0 Å². The molecule has 4 heterocycles. The fraction of sp³-hybridized carbons (Fsp3) is 0.318. The van der Waals surface area contributed by atoms with Gasteiger partial charge in [-0.05, 0) is 49.1 Å². The summed E-state index contributed by atoms with van der Waals surface area (Å²) in [5.41, 5.74) is 3.49. The molecule has 5 aromatic rings. The first-order chi connectivity index (χ1) is 28.7. The highest BCUT2D eigenvalue weighted by Crippen LogP contribution is 2.45. The lowest BCUT2D eigenvalue weighted by Crippen LogP contribution is -2.47. The van der Waals surface area contributed by atoms with E-state index in [2.05, 4.69) is 15.6 Å². The van der Waals surface area contributed by atoms with E-state index in [1.54, 1.807) is 26.8 Å². The Morgan fingerprint density at radius 2 is 1.73 bits per heavy atom. The maximum absolute atomic E-state index is 14.8.